The first-order valence-electron chi connectivity index (χ1n) is 12.5. The second-order valence-electron chi connectivity index (χ2n) is 10.2. The number of hydrogen-bond donors (Lipinski definition) is 2. The monoisotopic (exact) mass is 476 g/mol. The lowest BCUT2D eigenvalue weighted by atomic mass is 9.95. The number of benzene rings is 2. The van der Waals surface area contributed by atoms with E-state index in [1.807, 2.05) is 31.2 Å². The second kappa shape index (κ2) is 9.72. The fourth-order valence-corrected chi connectivity index (χ4v) is 6.16. The first kappa shape index (κ1) is 23.4. The molecule has 35 heavy (non-hydrogen) atoms. The summed E-state index contributed by atoms with van der Waals surface area (Å²) in [6.07, 6.45) is 1.92. The summed E-state index contributed by atoms with van der Waals surface area (Å²) >= 11 is 0. The van der Waals surface area contributed by atoms with Gasteiger partial charge in [-0.2, -0.15) is 0 Å². The van der Waals surface area contributed by atoms with Gasteiger partial charge in [0.25, 0.3) is 0 Å². The van der Waals surface area contributed by atoms with Gasteiger partial charge < -0.3 is 20.1 Å². The van der Waals surface area contributed by atoms with Crippen molar-refractivity contribution in [3.05, 3.63) is 59.7 Å². The number of alkyl carbamates (subject to hydrolysis) is 1. The number of nitrogens with one attached hydrogen (secondary N) is 1. The number of amides is 2. The second-order valence-corrected chi connectivity index (χ2v) is 10.2. The number of ether oxygens (including phenoxy) is 1. The molecule has 7 heteroatoms. The molecule has 3 aliphatic rings. The first-order chi connectivity index (χ1) is 16.9. The van der Waals surface area contributed by atoms with Crippen LogP contribution in [0.5, 0.6) is 0 Å². The maximum absolute atomic E-state index is 13.2. The average Bonchev–Trinajstić information content (AvgIpc) is 3.53. The summed E-state index contributed by atoms with van der Waals surface area (Å²) in [5.41, 5.74) is 4.68. The summed E-state index contributed by atoms with van der Waals surface area (Å²) < 4.78 is 5.69. The number of carboxylic acids is 1. The molecule has 184 valence electrons. The molecule has 2 amide bonds. The van der Waals surface area contributed by atoms with Gasteiger partial charge >= 0.3 is 12.1 Å². The lowest BCUT2D eigenvalue weighted by Gasteiger charge is -2.26. The zero-order chi connectivity index (χ0) is 24.5. The third kappa shape index (κ3) is 4.64. The molecule has 2 fully saturated rings. The summed E-state index contributed by atoms with van der Waals surface area (Å²) in [7, 11) is 0. The number of fused-ring (bicyclic) bond motifs is 3. The van der Waals surface area contributed by atoms with E-state index in [4.69, 9.17) is 9.84 Å². The fraction of sp³-hybridized carbons (Fsp3) is 0.464. The van der Waals surface area contributed by atoms with Crippen molar-refractivity contribution in [2.75, 3.05) is 19.7 Å². The lowest BCUT2D eigenvalue weighted by Crippen LogP contribution is -2.45. The van der Waals surface area contributed by atoms with E-state index >= 15 is 0 Å². The topological polar surface area (TPSA) is 95.9 Å². The maximum atomic E-state index is 13.2. The first-order valence-corrected chi connectivity index (χ1v) is 12.5. The summed E-state index contributed by atoms with van der Waals surface area (Å²) in [6, 6.07) is 16.2. The Bertz CT molecular complexity index is 1090. The van der Waals surface area contributed by atoms with E-state index in [1.54, 1.807) is 4.90 Å². The van der Waals surface area contributed by atoms with Gasteiger partial charge in [-0.15, -0.1) is 0 Å². The molecular weight excluding hydrogens is 444 g/mol. The minimum Gasteiger partial charge on any atom is -0.481 e. The van der Waals surface area contributed by atoms with Crippen LogP contribution in [0.4, 0.5) is 4.79 Å². The molecule has 0 aromatic heterocycles. The molecule has 7 nitrogen and oxygen atoms in total. The number of carboxylic acid groups (broad SMARTS) is 1. The van der Waals surface area contributed by atoms with E-state index in [2.05, 4.69) is 29.6 Å². The molecule has 1 heterocycles. The van der Waals surface area contributed by atoms with Crippen LogP contribution in [0.25, 0.3) is 11.1 Å². The number of rotatable bonds is 6. The molecule has 4 unspecified atom stereocenters. The van der Waals surface area contributed by atoms with Crippen molar-refractivity contribution < 1.29 is 24.2 Å². The minimum absolute atomic E-state index is 0.00795. The van der Waals surface area contributed by atoms with Gasteiger partial charge in [0, 0.05) is 25.0 Å². The van der Waals surface area contributed by atoms with Crippen LogP contribution in [0.15, 0.2) is 48.5 Å². The molecule has 1 saturated heterocycles. The van der Waals surface area contributed by atoms with Gasteiger partial charge in [-0.25, -0.2) is 4.79 Å². The summed E-state index contributed by atoms with van der Waals surface area (Å²) in [6.45, 7) is 3.29. The number of carbonyl (C=O) groups excluding carboxylic acids is 2. The molecule has 2 aromatic carbocycles. The molecule has 5 rings (SSSR count). The smallest absolute Gasteiger partial charge is 0.407 e. The molecular formula is C28H32N2O5. The third-order valence-electron chi connectivity index (χ3n) is 8.00. The van der Waals surface area contributed by atoms with Crippen LogP contribution in [-0.2, 0) is 14.3 Å². The van der Waals surface area contributed by atoms with Gasteiger partial charge in [0.05, 0.1) is 12.3 Å². The highest BCUT2D eigenvalue weighted by Crippen LogP contribution is 2.44. The van der Waals surface area contributed by atoms with Crippen LogP contribution in [0.2, 0.25) is 0 Å². The van der Waals surface area contributed by atoms with E-state index in [0.717, 1.165) is 30.4 Å². The fourth-order valence-electron chi connectivity index (χ4n) is 6.16. The van der Waals surface area contributed by atoms with E-state index < -0.39 is 12.1 Å². The molecule has 2 aliphatic carbocycles. The van der Waals surface area contributed by atoms with Gasteiger partial charge in [-0.05, 0) is 46.9 Å². The Morgan fingerprint density at radius 3 is 2.31 bits per heavy atom. The average molecular weight is 477 g/mol. The van der Waals surface area contributed by atoms with Crippen LogP contribution in [-0.4, -0.2) is 53.7 Å². The van der Waals surface area contributed by atoms with E-state index in [9.17, 15) is 14.4 Å². The van der Waals surface area contributed by atoms with Crippen molar-refractivity contribution >= 4 is 18.0 Å². The van der Waals surface area contributed by atoms with Crippen LogP contribution in [0.1, 0.15) is 49.7 Å². The molecule has 1 saturated carbocycles. The minimum atomic E-state index is -0.827. The molecule has 2 N–H and O–H groups in total. The highest BCUT2D eigenvalue weighted by Gasteiger charge is 2.41. The van der Waals surface area contributed by atoms with Gasteiger partial charge in [0.15, 0.2) is 0 Å². The summed E-state index contributed by atoms with van der Waals surface area (Å²) in [5, 5.41) is 12.1. The quantitative estimate of drug-likeness (QED) is 0.649. The predicted molar refractivity (Wildman–Crippen MR) is 131 cm³/mol. The van der Waals surface area contributed by atoms with Crippen molar-refractivity contribution in [3.8, 4) is 11.1 Å². The van der Waals surface area contributed by atoms with Crippen molar-refractivity contribution in [3.63, 3.8) is 0 Å². The Morgan fingerprint density at radius 1 is 1.00 bits per heavy atom. The Balaban J connectivity index is 1.19. The number of likely N-dealkylation sites (tertiary alicyclic amines) is 1. The van der Waals surface area contributed by atoms with E-state index in [1.165, 1.54) is 11.1 Å². The zero-order valence-corrected chi connectivity index (χ0v) is 20.0. The molecule has 2 aromatic rings. The standard InChI is InChI=1S/C28H32N2O5/c1-17-14-30(15-18(17)13-26(31)32)27(33)23-11-6-12-25(23)29-28(34)35-16-24-21-9-4-2-7-19(21)20-8-3-5-10-22(20)24/h2-5,7-10,17-18,23-25H,6,11-16H2,1H3,(H,29,34)(H,31,32). The Morgan fingerprint density at radius 2 is 1.66 bits per heavy atom. The van der Waals surface area contributed by atoms with Gasteiger partial charge in [-0.3, -0.25) is 9.59 Å². The van der Waals surface area contributed by atoms with Gasteiger partial charge in [0.2, 0.25) is 5.91 Å². The largest absolute Gasteiger partial charge is 0.481 e. The van der Waals surface area contributed by atoms with E-state index in [0.29, 0.717) is 13.1 Å². The number of carbonyl (C=O) groups is 3. The van der Waals surface area contributed by atoms with Crippen molar-refractivity contribution in [1.29, 1.82) is 0 Å². The van der Waals surface area contributed by atoms with Crippen LogP contribution in [0, 0.1) is 17.8 Å². The van der Waals surface area contributed by atoms with Gasteiger partial charge in [-0.1, -0.05) is 61.9 Å². The number of aliphatic carboxylic acids is 1. The molecule has 4 atom stereocenters. The van der Waals surface area contributed by atoms with Crippen molar-refractivity contribution in [1.82, 2.24) is 10.2 Å². The SMILES string of the molecule is CC1CN(C(=O)C2CCCC2NC(=O)OCC2c3ccccc3-c3ccccc32)CC1CC(=O)O. The molecule has 0 spiro atoms. The predicted octanol–water partition coefficient (Wildman–Crippen LogP) is 4.26. The highest BCUT2D eigenvalue weighted by molar-refractivity contribution is 5.82. The van der Waals surface area contributed by atoms with Gasteiger partial charge in [0.1, 0.15) is 6.61 Å². The Hall–Kier alpha value is -3.35. The van der Waals surface area contributed by atoms with Crippen LogP contribution >= 0.6 is 0 Å². The van der Waals surface area contributed by atoms with Crippen molar-refractivity contribution in [2.24, 2.45) is 17.8 Å². The zero-order valence-electron chi connectivity index (χ0n) is 20.0. The normalized spacial score (nSPS) is 25.2. The van der Waals surface area contributed by atoms with Crippen LogP contribution in [0.3, 0.4) is 0 Å². The Kier molecular flexibility index (Phi) is 6.50. The summed E-state index contributed by atoms with van der Waals surface area (Å²) in [4.78, 5) is 38.9. The lowest BCUT2D eigenvalue weighted by molar-refractivity contribution is -0.139. The number of nitrogens with zero attached hydrogens (tertiary/aromatic N) is 1. The Labute approximate surface area is 205 Å². The highest BCUT2D eigenvalue weighted by atomic mass is 16.5. The van der Waals surface area contributed by atoms with Crippen molar-refractivity contribution in [2.45, 2.75) is 44.6 Å². The third-order valence-corrected chi connectivity index (χ3v) is 8.00. The summed E-state index contributed by atoms with van der Waals surface area (Å²) in [5.74, 6) is -0.966. The maximum Gasteiger partial charge on any atom is 0.407 e. The van der Waals surface area contributed by atoms with E-state index in [-0.39, 0.29) is 48.6 Å². The molecule has 1 aliphatic heterocycles. The number of hydrogen-bond acceptors (Lipinski definition) is 4. The van der Waals surface area contributed by atoms with Crippen LogP contribution < -0.4 is 5.32 Å². The molecule has 0 radical (unpaired) electrons. The molecule has 0 bridgehead atoms.